The predicted octanol–water partition coefficient (Wildman–Crippen LogP) is 3.42. The van der Waals surface area contributed by atoms with Gasteiger partial charge in [-0.2, -0.15) is 0 Å². The van der Waals surface area contributed by atoms with E-state index in [1.807, 2.05) is 0 Å². The summed E-state index contributed by atoms with van der Waals surface area (Å²) >= 11 is 0. The summed E-state index contributed by atoms with van der Waals surface area (Å²) in [6, 6.07) is 19.2. The number of rotatable bonds is 4. The number of anilines is 1. The number of benzene rings is 3. The Labute approximate surface area is 144 Å². The number of carbonyl (C=O) groups excluding carboxylic acids is 2. The van der Waals surface area contributed by atoms with Crippen molar-refractivity contribution in [3.63, 3.8) is 0 Å². The van der Waals surface area contributed by atoms with Gasteiger partial charge in [0.05, 0.1) is 11.1 Å². The summed E-state index contributed by atoms with van der Waals surface area (Å²) in [4.78, 5) is 24.7. The first kappa shape index (κ1) is 16.3. The minimum atomic E-state index is -0.653. The second-order valence-corrected chi connectivity index (χ2v) is 5.36. The van der Waals surface area contributed by atoms with E-state index >= 15 is 0 Å². The summed E-state index contributed by atoms with van der Waals surface area (Å²) < 4.78 is 5.22. The van der Waals surface area contributed by atoms with E-state index in [4.69, 9.17) is 10.5 Å². The molecule has 0 aliphatic heterocycles. The van der Waals surface area contributed by atoms with E-state index < -0.39 is 5.97 Å². The molecule has 0 aromatic heterocycles. The molecule has 3 rings (SSSR count). The van der Waals surface area contributed by atoms with Crippen molar-refractivity contribution >= 4 is 17.4 Å². The molecule has 0 spiro atoms. The van der Waals surface area contributed by atoms with Crippen molar-refractivity contribution in [2.45, 2.75) is 0 Å². The van der Waals surface area contributed by atoms with E-state index in [0.717, 1.165) is 0 Å². The summed E-state index contributed by atoms with van der Waals surface area (Å²) in [6.07, 6.45) is 0. The average Bonchev–Trinajstić information content (AvgIpc) is 2.64. The number of hydrogen-bond donors (Lipinski definition) is 2. The second-order valence-electron chi connectivity index (χ2n) is 5.36. The van der Waals surface area contributed by atoms with E-state index in [-0.39, 0.29) is 28.4 Å². The summed E-state index contributed by atoms with van der Waals surface area (Å²) in [6.45, 7) is 0. The van der Waals surface area contributed by atoms with Crippen molar-refractivity contribution in [2.75, 3.05) is 5.73 Å². The number of phenolic OH excluding ortho intramolecular Hbond substituents is 1. The SMILES string of the molecule is Nc1ccc(C(=O)Oc2cccc(C(=O)c3ccccc3)c2O)cc1. The van der Waals surface area contributed by atoms with Gasteiger partial charge in [-0.15, -0.1) is 0 Å². The molecular weight excluding hydrogens is 318 g/mol. The number of aromatic hydroxyl groups is 1. The van der Waals surface area contributed by atoms with Crippen molar-refractivity contribution in [1.29, 1.82) is 0 Å². The first-order chi connectivity index (χ1) is 12.1. The molecule has 3 aromatic carbocycles. The number of para-hydroxylation sites is 1. The third kappa shape index (κ3) is 3.50. The van der Waals surface area contributed by atoms with Crippen LogP contribution in [-0.4, -0.2) is 16.9 Å². The lowest BCUT2D eigenvalue weighted by atomic mass is 10.0. The number of esters is 1. The number of phenols is 1. The van der Waals surface area contributed by atoms with E-state index in [0.29, 0.717) is 11.3 Å². The molecule has 124 valence electrons. The standard InChI is InChI=1S/C20H15NO4/c21-15-11-9-14(10-12-15)20(24)25-17-8-4-7-16(19(17)23)18(22)13-5-2-1-3-6-13/h1-12,23H,21H2. The van der Waals surface area contributed by atoms with Gasteiger partial charge in [0.2, 0.25) is 0 Å². The zero-order chi connectivity index (χ0) is 17.8. The normalized spacial score (nSPS) is 10.2. The Morgan fingerprint density at radius 3 is 2.16 bits per heavy atom. The summed E-state index contributed by atoms with van der Waals surface area (Å²) in [5.74, 6) is -1.47. The second kappa shape index (κ2) is 6.88. The van der Waals surface area contributed by atoms with Gasteiger partial charge in [0, 0.05) is 11.3 Å². The molecule has 0 amide bonds. The third-order valence-electron chi connectivity index (χ3n) is 3.63. The van der Waals surface area contributed by atoms with Crippen LogP contribution >= 0.6 is 0 Å². The van der Waals surface area contributed by atoms with Crippen LogP contribution in [0.2, 0.25) is 0 Å². The number of nitrogen functional groups attached to an aromatic ring is 1. The number of ether oxygens (including phenoxy) is 1. The van der Waals surface area contributed by atoms with Crippen LogP contribution in [0.1, 0.15) is 26.3 Å². The van der Waals surface area contributed by atoms with Crippen LogP contribution in [0.15, 0.2) is 72.8 Å². The maximum absolute atomic E-state index is 12.5. The van der Waals surface area contributed by atoms with Gasteiger partial charge < -0.3 is 15.6 Å². The highest BCUT2D eigenvalue weighted by Gasteiger charge is 2.19. The molecule has 0 atom stereocenters. The highest BCUT2D eigenvalue weighted by Crippen LogP contribution is 2.32. The highest BCUT2D eigenvalue weighted by atomic mass is 16.5. The maximum atomic E-state index is 12.5. The lowest BCUT2D eigenvalue weighted by Gasteiger charge is -2.10. The molecule has 0 aliphatic carbocycles. The van der Waals surface area contributed by atoms with Crippen LogP contribution in [0.3, 0.4) is 0 Å². The van der Waals surface area contributed by atoms with Gasteiger partial charge in [-0.1, -0.05) is 36.4 Å². The fraction of sp³-hybridized carbons (Fsp3) is 0. The summed E-state index contributed by atoms with van der Waals surface area (Å²) in [5, 5.41) is 10.3. The molecule has 25 heavy (non-hydrogen) atoms. The van der Waals surface area contributed by atoms with Gasteiger partial charge in [0.25, 0.3) is 0 Å². The van der Waals surface area contributed by atoms with Crippen molar-refractivity contribution in [2.24, 2.45) is 0 Å². The molecule has 0 heterocycles. The Morgan fingerprint density at radius 1 is 0.800 bits per heavy atom. The van der Waals surface area contributed by atoms with E-state index in [2.05, 4.69) is 0 Å². The van der Waals surface area contributed by atoms with Crippen LogP contribution in [0.4, 0.5) is 5.69 Å². The number of carbonyl (C=O) groups is 2. The molecule has 0 saturated heterocycles. The fourth-order valence-corrected chi connectivity index (χ4v) is 2.31. The Morgan fingerprint density at radius 2 is 1.48 bits per heavy atom. The van der Waals surface area contributed by atoms with Gasteiger partial charge in [0.15, 0.2) is 17.3 Å². The molecule has 3 aromatic rings. The van der Waals surface area contributed by atoms with Crippen molar-refractivity contribution < 1.29 is 19.4 Å². The topological polar surface area (TPSA) is 89.6 Å². The largest absolute Gasteiger partial charge is 0.504 e. The number of nitrogens with two attached hydrogens (primary N) is 1. The van der Waals surface area contributed by atoms with E-state index in [1.165, 1.54) is 24.3 Å². The fourth-order valence-electron chi connectivity index (χ4n) is 2.31. The average molecular weight is 333 g/mol. The molecule has 0 radical (unpaired) electrons. The molecule has 0 saturated carbocycles. The maximum Gasteiger partial charge on any atom is 0.343 e. The highest BCUT2D eigenvalue weighted by molar-refractivity contribution is 6.11. The molecule has 0 unspecified atom stereocenters. The molecule has 5 nitrogen and oxygen atoms in total. The zero-order valence-corrected chi connectivity index (χ0v) is 13.2. The number of ketones is 1. The lowest BCUT2D eigenvalue weighted by molar-refractivity contribution is 0.0728. The van der Waals surface area contributed by atoms with Gasteiger partial charge in [0.1, 0.15) is 0 Å². The predicted molar refractivity (Wildman–Crippen MR) is 93.8 cm³/mol. The van der Waals surface area contributed by atoms with Crippen LogP contribution < -0.4 is 10.5 Å². The Balaban J connectivity index is 1.87. The van der Waals surface area contributed by atoms with Gasteiger partial charge >= 0.3 is 5.97 Å². The molecule has 0 fully saturated rings. The Bertz CT molecular complexity index is 918. The monoisotopic (exact) mass is 333 g/mol. The molecular formula is C20H15NO4. The van der Waals surface area contributed by atoms with E-state index in [9.17, 15) is 14.7 Å². The van der Waals surface area contributed by atoms with Gasteiger partial charge in [-0.05, 0) is 36.4 Å². The lowest BCUT2D eigenvalue weighted by Crippen LogP contribution is -2.10. The zero-order valence-electron chi connectivity index (χ0n) is 13.2. The van der Waals surface area contributed by atoms with Crippen LogP contribution in [0.5, 0.6) is 11.5 Å². The minimum Gasteiger partial charge on any atom is -0.504 e. The first-order valence-electron chi connectivity index (χ1n) is 7.55. The minimum absolute atomic E-state index is 0.0637. The van der Waals surface area contributed by atoms with Crippen LogP contribution in [-0.2, 0) is 0 Å². The van der Waals surface area contributed by atoms with Crippen molar-refractivity contribution in [1.82, 2.24) is 0 Å². The molecule has 3 N–H and O–H groups in total. The Hall–Kier alpha value is -3.60. The Kier molecular flexibility index (Phi) is 4.48. The summed E-state index contributed by atoms with van der Waals surface area (Å²) in [5.41, 5.74) is 6.88. The third-order valence-corrected chi connectivity index (χ3v) is 3.63. The quantitative estimate of drug-likeness (QED) is 0.330. The molecule has 0 aliphatic rings. The van der Waals surface area contributed by atoms with Crippen LogP contribution in [0.25, 0.3) is 0 Å². The van der Waals surface area contributed by atoms with Crippen molar-refractivity contribution in [3.05, 3.63) is 89.5 Å². The smallest absolute Gasteiger partial charge is 0.343 e. The van der Waals surface area contributed by atoms with Gasteiger partial charge in [-0.25, -0.2) is 4.79 Å². The summed E-state index contributed by atoms with van der Waals surface area (Å²) in [7, 11) is 0. The van der Waals surface area contributed by atoms with Crippen molar-refractivity contribution in [3.8, 4) is 11.5 Å². The molecule has 5 heteroatoms. The number of hydrogen-bond acceptors (Lipinski definition) is 5. The van der Waals surface area contributed by atoms with Crippen LogP contribution in [0, 0.1) is 0 Å². The first-order valence-corrected chi connectivity index (χ1v) is 7.55. The molecule has 0 bridgehead atoms. The van der Waals surface area contributed by atoms with Gasteiger partial charge in [-0.3, -0.25) is 4.79 Å². The van der Waals surface area contributed by atoms with E-state index in [1.54, 1.807) is 48.5 Å².